The van der Waals surface area contributed by atoms with Gasteiger partial charge in [-0.25, -0.2) is 0 Å². The van der Waals surface area contributed by atoms with E-state index in [2.05, 4.69) is 58.4 Å². The molecule has 0 atom stereocenters. The summed E-state index contributed by atoms with van der Waals surface area (Å²) in [7, 11) is 0. The minimum absolute atomic E-state index is 1.04. The van der Waals surface area contributed by atoms with Gasteiger partial charge in [0.1, 0.15) is 0 Å². The Labute approximate surface area is 121 Å². The molecule has 0 aromatic heterocycles. The Kier molecular flexibility index (Phi) is 3.76. The molecule has 3 rings (SSSR count). The fraction of sp³-hybridized carbons (Fsp3) is 0.250. The molecule has 1 aliphatic carbocycles. The van der Waals surface area contributed by atoms with Crippen molar-refractivity contribution in [2.24, 2.45) is 0 Å². The molecule has 0 unspecified atom stereocenters. The first kappa shape index (κ1) is 12.3. The smallest absolute Gasteiger partial charge is 0.0232 e. The molecule has 2 heteroatoms. The predicted octanol–water partition coefficient (Wildman–Crippen LogP) is 5.23. The third-order valence-corrected chi connectivity index (χ3v) is 4.92. The van der Waals surface area contributed by atoms with E-state index in [0.717, 1.165) is 10.2 Å². The van der Waals surface area contributed by atoms with Crippen LogP contribution in [-0.2, 0) is 18.6 Å². The van der Waals surface area contributed by atoms with Gasteiger partial charge in [-0.05, 0) is 60.2 Å². The molecule has 0 nitrogen and oxygen atoms in total. The maximum absolute atomic E-state index is 3.52. The molecule has 2 aromatic carbocycles. The average Bonchev–Trinajstić information content (AvgIpc) is 2.84. The Balaban J connectivity index is 1.70. The maximum atomic E-state index is 3.52. The van der Waals surface area contributed by atoms with Crippen LogP contribution in [0.3, 0.4) is 0 Å². The number of fused-ring (bicyclic) bond motifs is 1. The van der Waals surface area contributed by atoms with Crippen LogP contribution in [0.4, 0.5) is 0 Å². The molecule has 0 radical (unpaired) electrons. The van der Waals surface area contributed by atoms with Crippen LogP contribution in [-0.4, -0.2) is 0 Å². The molecule has 0 fully saturated rings. The maximum Gasteiger partial charge on any atom is 0.0232 e. The van der Waals surface area contributed by atoms with Crippen molar-refractivity contribution in [2.75, 3.05) is 0 Å². The van der Waals surface area contributed by atoms with Gasteiger partial charge in [0.2, 0.25) is 0 Å². The summed E-state index contributed by atoms with van der Waals surface area (Å²) in [5, 5.41) is 0. The minimum atomic E-state index is 1.04. The van der Waals surface area contributed by atoms with E-state index in [-0.39, 0.29) is 0 Å². The van der Waals surface area contributed by atoms with E-state index in [1.807, 2.05) is 11.8 Å². The van der Waals surface area contributed by atoms with Crippen molar-refractivity contribution in [1.82, 2.24) is 0 Å². The zero-order valence-corrected chi connectivity index (χ0v) is 12.6. The fourth-order valence-corrected chi connectivity index (χ4v) is 3.78. The summed E-state index contributed by atoms with van der Waals surface area (Å²) < 4.78 is 1.16. The van der Waals surface area contributed by atoms with Crippen LogP contribution in [0.2, 0.25) is 0 Å². The first-order valence-electron chi connectivity index (χ1n) is 6.30. The van der Waals surface area contributed by atoms with E-state index < -0.39 is 0 Å². The van der Waals surface area contributed by atoms with E-state index in [0.29, 0.717) is 0 Å². The van der Waals surface area contributed by atoms with Gasteiger partial charge in [0, 0.05) is 15.1 Å². The van der Waals surface area contributed by atoms with E-state index in [1.165, 1.54) is 29.7 Å². The van der Waals surface area contributed by atoms with Crippen molar-refractivity contribution < 1.29 is 0 Å². The summed E-state index contributed by atoms with van der Waals surface area (Å²) >= 11 is 5.45. The van der Waals surface area contributed by atoms with E-state index in [9.17, 15) is 0 Å². The quantitative estimate of drug-likeness (QED) is 0.698. The lowest BCUT2D eigenvalue weighted by molar-refractivity contribution is 0.911. The van der Waals surface area contributed by atoms with Crippen molar-refractivity contribution in [3.8, 4) is 0 Å². The summed E-state index contributed by atoms with van der Waals surface area (Å²) in [4.78, 5) is 1.40. The monoisotopic (exact) mass is 318 g/mol. The number of halogens is 1. The SMILES string of the molecule is Brc1cccc(CSc2ccc3c(c2)CCC3)c1. The third kappa shape index (κ3) is 2.81. The van der Waals surface area contributed by atoms with Gasteiger partial charge in [-0.2, -0.15) is 0 Å². The van der Waals surface area contributed by atoms with Crippen molar-refractivity contribution in [2.45, 2.75) is 29.9 Å². The highest BCUT2D eigenvalue weighted by molar-refractivity contribution is 9.10. The fourth-order valence-electron chi connectivity index (χ4n) is 2.43. The lowest BCUT2D eigenvalue weighted by atomic mass is 10.1. The molecule has 0 N–H and O–H groups in total. The van der Waals surface area contributed by atoms with Crippen molar-refractivity contribution in [3.63, 3.8) is 0 Å². The molecule has 0 saturated heterocycles. The summed E-state index contributed by atoms with van der Waals surface area (Å²) in [6.07, 6.45) is 3.86. The minimum Gasteiger partial charge on any atom is -0.121 e. The summed E-state index contributed by atoms with van der Waals surface area (Å²) in [6, 6.07) is 15.5. The molecule has 0 bridgehead atoms. The number of benzene rings is 2. The van der Waals surface area contributed by atoms with Crippen LogP contribution < -0.4 is 0 Å². The molecule has 0 spiro atoms. The van der Waals surface area contributed by atoms with Gasteiger partial charge in [-0.1, -0.05) is 34.1 Å². The lowest BCUT2D eigenvalue weighted by Crippen LogP contribution is -1.84. The Morgan fingerprint density at radius 2 is 1.89 bits per heavy atom. The summed E-state index contributed by atoms with van der Waals surface area (Å²) in [5.41, 5.74) is 4.49. The summed E-state index contributed by atoms with van der Waals surface area (Å²) in [6.45, 7) is 0. The topological polar surface area (TPSA) is 0 Å². The molecule has 2 aromatic rings. The third-order valence-electron chi connectivity index (χ3n) is 3.36. The van der Waals surface area contributed by atoms with Gasteiger partial charge in [0.25, 0.3) is 0 Å². The van der Waals surface area contributed by atoms with Gasteiger partial charge >= 0.3 is 0 Å². The number of hydrogen-bond acceptors (Lipinski definition) is 1. The van der Waals surface area contributed by atoms with Crippen LogP contribution in [0.1, 0.15) is 23.1 Å². The normalized spacial score (nSPS) is 13.6. The van der Waals surface area contributed by atoms with Crippen LogP contribution in [0.25, 0.3) is 0 Å². The Morgan fingerprint density at radius 3 is 2.78 bits per heavy atom. The van der Waals surface area contributed by atoms with Crippen molar-refractivity contribution in [3.05, 3.63) is 63.6 Å². The second-order valence-corrected chi connectivity index (χ2v) is 6.67. The summed E-state index contributed by atoms with van der Waals surface area (Å²) in [5.74, 6) is 1.04. The first-order valence-corrected chi connectivity index (χ1v) is 8.08. The highest BCUT2D eigenvalue weighted by atomic mass is 79.9. The molecule has 0 saturated carbocycles. The van der Waals surface area contributed by atoms with Gasteiger partial charge in [0.15, 0.2) is 0 Å². The van der Waals surface area contributed by atoms with Gasteiger partial charge in [-0.15, -0.1) is 11.8 Å². The van der Waals surface area contributed by atoms with Crippen LogP contribution in [0.15, 0.2) is 51.8 Å². The van der Waals surface area contributed by atoms with E-state index in [1.54, 1.807) is 11.1 Å². The number of hydrogen-bond donors (Lipinski definition) is 0. The lowest BCUT2D eigenvalue weighted by Gasteiger charge is -2.05. The molecule has 0 aliphatic heterocycles. The Bertz CT molecular complexity index is 563. The molecular weight excluding hydrogens is 304 g/mol. The van der Waals surface area contributed by atoms with Gasteiger partial charge < -0.3 is 0 Å². The van der Waals surface area contributed by atoms with E-state index in [4.69, 9.17) is 0 Å². The molecular formula is C16H15BrS. The second kappa shape index (κ2) is 5.50. The highest BCUT2D eigenvalue weighted by Gasteiger charge is 2.10. The molecule has 1 aliphatic rings. The van der Waals surface area contributed by atoms with Crippen molar-refractivity contribution in [1.29, 1.82) is 0 Å². The van der Waals surface area contributed by atoms with Gasteiger partial charge in [-0.3, -0.25) is 0 Å². The number of rotatable bonds is 3. The molecule has 18 heavy (non-hydrogen) atoms. The van der Waals surface area contributed by atoms with Crippen molar-refractivity contribution >= 4 is 27.7 Å². The number of thioether (sulfide) groups is 1. The van der Waals surface area contributed by atoms with Crippen LogP contribution in [0, 0.1) is 0 Å². The molecule has 0 heterocycles. The zero-order valence-electron chi connectivity index (χ0n) is 10.2. The van der Waals surface area contributed by atoms with E-state index >= 15 is 0 Å². The Hall–Kier alpha value is -0.730. The highest BCUT2D eigenvalue weighted by Crippen LogP contribution is 2.29. The zero-order chi connectivity index (χ0) is 12.4. The molecule has 0 amide bonds. The second-order valence-electron chi connectivity index (χ2n) is 4.70. The Morgan fingerprint density at radius 1 is 1.00 bits per heavy atom. The largest absolute Gasteiger partial charge is 0.121 e. The van der Waals surface area contributed by atoms with Crippen LogP contribution >= 0.6 is 27.7 Å². The van der Waals surface area contributed by atoms with Gasteiger partial charge in [0.05, 0.1) is 0 Å². The predicted molar refractivity (Wildman–Crippen MR) is 82.2 cm³/mol. The van der Waals surface area contributed by atoms with Crippen LogP contribution in [0.5, 0.6) is 0 Å². The number of aryl methyl sites for hydroxylation is 2. The first-order chi connectivity index (χ1) is 8.81. The standard InChI is InChI=1S/C16H15BrS/c17-15-6-1-3-12(9-15)11-18-16-8-7-13-4-2-5-14(13)10-16/h1,3,6-10H,2,4-5,11H2. The average molecular weight is 319 g/mol. The molecule has 92 valence electrons.